The molecule has 0 aromatic carbocycles. The van der Waals surface area contributed by atoms with E-state index in [-0.39, 0.29) is 5.41 Å². The molecule has 15 heavy (non-hydrogen) atoms. The van der Waals surface area contributed by atoms with E-state index < -0.39 is 0 Å². The van der Waals surface area contributed by atoms with Crippen molar-refractivity contribution < 1.29 is 0 Å². The Morgan fingerprint density at radius 2 is 2.13 bits per heavy atom. The maximum atomic E-state index is 8.52. The van der Waals surface area contributed by atoms with Gasteiger partial charge in [0.05, 0.1) is 28.3 Å². The molecule has 1 heterocycles. The monoisotopic (exact) mass is 318 g/mol. The highest BCUT2D eigenvalue weighted by atomic mass is 127. The number of halogens is 1. The highest BCUT2D eigenvalue weighted by Crippen LogP contribution is 2.29. The predicted molar refractivity (Wildman–Crippen MR) is 68.3 cm³/mol. The molecule has 0 saturated heterocycles. The Morgan fingerprint density at radius 3 is 2.53 bits per heavy atom. The Labute approximate surface area is 104 Å². The molecule has 0 unspecified atom stereocenters. The third-order valence-electron chi connectivity index (χ3n) is 2.08. The lowest BCUT2D eigenvalue weighted by atomic mass is 9.92. The van der Waals surface area contributed by atoms with Gasteiger partial charge in [-0.25, -0.2) is 4.68 Å². The summed E-state index contributed by atoms with van der Waals surface area (Å²) >= 11 is 2.21. The van der Waals surface area contributed by atoms with E-state index in [1.165, 1.54) is 0 Å². The smallest absolute Gasteiger partial charge is 0.135 e. The van der Waals surface area contributed by atoms with Crippen LogP contribution in [0.25, 0.3) is 0 Å². The molecule has 0 aliphatic rings. The number of nitrogens with two attached hydrogens (primary N) is 1. The summed E-state index contributed by atoms with van der Waals surface area (Å²) in [7, 11) is 0. The summed E-state index contributed by atoms with van der Waals surface area (Å²) in [5.74, 6) is 0.663. The van der Waals surface area contributed by atoms with Gasteiger partial charge in [-0.2, -0.15) is 10.4 Å². The number of aryl methyl sites for hydroxylation is 1. The zero-order valence-corrected chi connectivity index (χ0v) is 11.4. The minimum Gasteiger partial charge on any atom is -0.383 e. The van der Waals surface area contributed by atoms with Crippen LogP contribution in [0.1, 0.15) is 32.9 Å². The molecule has 4 nitrogen and oxygen atoms in total. The highest BCUT2D eigenvalue weighted by molar-refractivity contribution is 14.1. The van der Waals surface area contributed by atoms with Gasteiger partial charge in [-0.15, -0.1) is 0 Å². The van der Waals surface area contributed by atoms with Crippen molar-refractivity contribution in [3.05, 3.63) is 9.26 Å². The maximum Gasteiger partial charge on any atom is 0.135 e. The Hall–Kier alpha value is -0.770. The van der Waals surface area contributed by atoms with E-state index in [0.717, 1.165) is 9.26 Å². The number of aromatic nitrogens is 2. The third-order valence-corrected chi connectivity index (χ3v) is 3.14. The number of nitriles is 1. The van der Waals surface area contributed by atoms with Gasteiger partial charge in [0.2, 0.25) is 0 Å². The molecule has 5 heteroatoms. The number of hydrogen-bond donors (Lipinski definition) is 1. The van der Waals surface area contributed by atoms with Gasteiger partial charge >= 0.3 is 0 Å². The van der Waals surface area contributed by atoms with Crippen molar-refractivity contribution in [1.82, 2.24) is 9.78 Å². The predicted octanol–water partition coefficient (Wildman–Crippen LogP) is 2.28. The van der Waals surface area contributed by atoms with E-state index in [1.54, 1.807) is 4.68 Å². The van der Waals surface area contributed by atoms with Gasteiger partial charge in [-0.3, -0.25) is 0 Å². The molecule has 0 aliphatic carbocycles. The highest BCUT2D eigenvalue weighted by Gasteiger charge is 2.23. The van der Waals surface area contributed by atoms with Gasteiger partial charge in [-0.1, -0.05) is 20.8 Å². The number of rotatable bonds is 2. The summed E-state index contributed by atoms with van der Waals surface area (Å²) in [5.41, 5.74) is 6.91. The van der Waals surface area contributed by atoms with E-state index in [9.17, 15) is 0 Å². The molecular formula is C10H15IN4. The molecule has 0 atom stereocenters. The first-order chi connectivity index (χ1) is 6.88. The van der Waals surface area contributed by atoms with E-state index in [1.807, 2.05) is 0 Å². The molecule has 82 valence electrons. The average Bonchev–Trinajstić information content (AvgIpc) is 2.41. The molecule has 1 aromatic rings. The molecule has 0 saturated carbocycles. The van der Waals surface area contributed by atoms with Gasteiger partial charge < -0.3 is 5.73 Å². The van der Waals surface area contributed by atoms with Crippen LogP contribution >= 0.6 is 22.6 Å². The largest absolute Gasteiger partial charge is 0.383 e. The van der Waals surface area contributed by atoms with Crippen molar-refractivity contribution in [3.63, 3.8) is 0 Å². The van der Waals surface area contributed by atoms with Crippen molar-refractivity contribution >= 4 is 28.4 Å². The van der Waals surface area contributed by atoms with Crippen LogP contribution in [-0.2, 0) is 12.0 Å². The molecular weight excluding hydrogens is 303 g/mol. The number of nitrogen functional groups attached to an aromatic ring is 1. The second-order valence-electron chi connectivity index (χ2n) is 4.43. The number of anilines is 1. The number of hydrogen-bond acceptors (Lipinski definition) is 3. The lowest BCUT2D eigenvalue weighted by molar-refractivity contribution is 0.535. The molecule has 1 rings (SSSR count). The molecule has 2 N–H and O–H groups in total. The fourth-order valence-electron chi connectivity index (χ4n) is 1.26. The van der Waals surface area contributed by atoms with Crippen molar-refractivity contribution in [3.8, 4) is 6.07 Å². The first-order valence-corrected chi connectivity index (χ1v) is 5.85. The van der Waals surface area contributed by atoms with E-state index in [2.05, 4.69) is 54.5 Å². The second-order valence-corrected chi connectivity index (χ2v) is 5.51. The Morgan fingerprint density at radius 1 is 1.53 bits per heavy atom. The quantitative estimate of drug-likeness (QED) is 0.851. The summed E-state index contributed by atoms with van der Waals surface area (Å²) in [6.07, 6.45) is 0.436. The molecule has 0 radical (unpaired) electrons. The van der Waals surface area contributed by atoms with Crippen LogP contribution in [0.15, 0.2) is 0 Å². The van der Waals surface area contributed by atoms with Gasteiger partial charge in [0.15, 0.2) is 0 Å². The van der Waals surface area contributed by atoms with Gasteiger partial charge in [0.1, 0.15) is 5.82 Å². The van der Waals surface area contributed by atoms with Gasteiger partial charge in [-0.05, 0) is 22.6 Å². The lowest BCUT2D eigenvalue weighted by Gasteiger charge is -2.15. The second kappa shape index (κ2) is 4.39. The standard InChI is InChI=1S/C10H15IN4/c1-10(2,3)8-7(11)9(13)15(14-8)6-4-5-12/h4,6,13H2,1-3H3. The van der Waals surface area contributed by atoms with Gasteiger partial charge in [0.25, 0.3) is 0 Å². The molecule has 0 bridgehead atoms. The first kappa shape index (κ1) is 12.3. The molecule has 0 amide bonds. The Kier molecular flexibility index (Phi) is 3.60. The van der Waals surface area contributed by atoms with Crippen molar-refractivity contribution in [1.29, 1.82) is 5.26 Å². The molecule has 0 spiro atoms. The topological polar surface area (TPSA) is 67.6 Å². The van der Waals surface area contributed by atoms with Crippen LogP contribution in [0.2, 0.25) is 0 Å². The van der Waals surface area contributed by atoms with Gasteiger partial charge in [0, 0.05) is 5.41 Å². The maximum absolute atomic E-state index is 8.52. The van der Waals surface area contributed by atoms with Crippen molar-refractivity contribution in [2.75, 3.05) is 5.73 Å². The van der Waals surface area contributed by atoms with Crippen LogP contribution in [0.3, 0.4) is 0 Å². The fourth-order valence-corrected chi connectivity index (χ4v) is 2.45. The van der Waals surface area contributed by atoms with E-state index in [4.69, 9.17) is 11.0 Å². The molecule has 1 aromatic heterocycles. The Bertz CT molecular complexity index is 395. The SMILES string of the molecule is CC(C)(C)c1nn(CCC#N)c(N)c1I. The Balaban J connectivity index is 3.08. The minimum absolute atomic E-state index is 0.0114. The zero-order valence-electron chi connectivity index (χ0n) is 9.21. The molecule has 0 fully saturated rings. The summed E-state index contributed by atoms with van der Waals surface area (Å²) in [4.78, 5) is 0. The normalized spacial score (nSPS) is 11.4. The van der Waals surface area contributed by atoms with Crippen molar-refractivity contribution in [2.45, 2.75) is 39.2 Å². The third kappa shape index (κ3) is 2.62. The van der Waals surface area contributed by atoms with Crippen LogP contribution in [0.5, 0.6) is 0 Å². The van der Waals surface area contributed by atoms with Crippen LogP contribution in [0, 0.1) is 14.9 Å². The minimum atomic E-state index is -0.0114. The summed E-state index contributed by atoms with van der Waals surface area (Å²) in [6, 6.07) is 2.09. The van der Waals surface area contributed by atoms with Crippen LogP contribution in [0.4, 0.5) is 5.82 Å². The summed E-state index contributed by atoms with van der Waals surface area (Å²) < 4.78 is 2.71. The van der Waals surface area contributed by atoms with E-state index >= 15 is 0 Å². The number of nitrogens with zero attached hydrogens (tertiary/aromatic N) is 3. The summed E-state index contributed by atoms with van der Waals surface area (Å²) in [6.45, 7) is 6.87. The summed E-state index contributed by atoms with van der Waals surface area (Å²) in [5, 5.41) is 13.0. The fraction of sp³-hybridized carbons (Fsp3) is 0.600. The van der Waals surface area contributed by atoms with Crippen LogP contribution in [-0.4, -0.2) is 9.78 Å². The molecule has 0 aliphatic heterocycles. The van der Waals surface area contributed by atoms with Crippen molar-refractivity contribution in [2.24, 2.45) is 0 Å². The van der Waals surface area contributed by atoms with Crippen LogP contribution < -0.4 is 5.73 Å². The lowest BCUT2D eigenvalue weighted by Crippen LogP contribution is -2.14. The first-order valence-electron chi connectivity index (χ1n) is 4.77. The van der Waals surface area contributed by atoms with E-state index in [0.29, 0.717) is 18.8 Å². The average molecular weight is 318 g/mol. The zero-order chi connectivity index (χ0) is 11.6.